The smallest absolute Gasteiger partial charge is 0.255 e. The van der Waals surface area contributed by atoms with Gasteiger partial charge in [-0.15, -0.1) is 0 Å². The monoisotopic (exact) mass is 327 g/mol. The molecule has 2 fully saturated rings. The lowest BCUT2D eigenvalue weighted by Gasteiger charge is -2.32. The topological polar surface area (TPSA) is 20.3 Å². The van der Waals surface area contributed by atoms with E-state index in [1.807, 2.05) is 17.0 Å². The predicted molar refractivity (Wildman–Crippen MR) is 76.0 cm³/mol. The molecule has 0 atom stereocenters. The van der Waals surface area contributed by atoms with Gasteiger partial charge in [0.1, 0.15) is 0 Å². The number of piperidine rings is 1. The molecule has 96 valence electrons. The van der Waals surface area contributed by atoms with E-state index >= 15 is 0 Å². The van der Waals surface area contributed by atoms with Crippen LogP contribution < -0.4 is 0 Å². The van der Waals surface area contributed by atoms with Crippen LogP contribution in [0.2, 0.25) is 5.02 Å². The number of nitrogens with zero attached hydrogens (tertiary/aromatic N) is 1. The van der Waals surface area contributed by atoms with E-state index in [9.17, 15) is 4.79 Å². The molecule has 1 aliphatic heterocycles. The summed E-state index contributed by atoms with van der Waals surface area (Å²) in [5, 5.41) is 0.594. The number of carbonyl (C=O) groups is 1. The summed E-state index contributed by atoms with van der Waals surface area (Å²) in [6.07, 6.45) is 5.04. The van der Waals surface area contributed by atoms with E-state index < -0.39 is 0 Å². The molecule has 1 amide bonds. The fraction of sp³-hybridized carbons (Fsp3) is 0.500. The summed E-state index contributed by atoms with van der Waals surface area (Å²) < 4.78 is 0.711. The third kappa shape index (κ3) is 2.19. The minimum absolute atomic E-state index is 0.0971. The molecule has 0 bridgehead atoms. The first kappa shape index (κ1) is 12.5. The Morgan fingerprint density at radius 3 is 2.50 bits per heavy atom. The first-order valence-corrected chi connectivity index (χ1v) is 7.52. The van der Waals surface area contributed by atoms with Crippen molar-refractivity contribution in [2.45, 2.75) is 25.7 Å². The molecule has 0 aromatic heterocycles. The van der Waals surface area contributed by atoms with Gasteiger partial charge in [-0.25, -0.2) is 0 Å². The number of rotatable bonds is 1. The van der Waals surface area contributed by atoms with Crippen LogP contribution in [0.4, 0.5) is 0 Å². The van der Waals surface area contributed by atoms with E-state index in [1.54, 1.807) is 6.07 Å². The van der Waals surface area contributed by atoms with Gasteiger partial charge < -0.3 is 4.90 Å². The molecule has 1 aromatic rings. The molecule has 1 spiro atoms. The van der Waals surface area contributed by atoms with Crippen LogP contribution in [0.15, 0.2) is 22.7 Å². The van der Waals surface area contributed by atoms with Crippen LogP contribution in [0.1, 0.15) is 36.0 Å². The minimum atomic E-state index is 0.0971. The van der Waals surface area contributed by atoms with Crippen molar-refractivity contribution < 1.29 is 4.79 Å². The summed E-state index contributed by atoms with van der Waals surface area (Å²) in [5.74, 6) is 0.0971. The number of hydrogen-bond acceptors (Lipinski definition) is 1. The highest BCUT2D eigenvalue weighted by molar-refractivity contribution is 9.10. The van der Waals surface area contributed by atoms with Gasteiger partial charge >= 0.3 is 0 Å². The van der Waals surface area contributed by atoms with Crippen molar-refractivity contribution in [3.63, 3.8) is 0 Å². The van der Waals surface area contributed by atoms with Crippen molar-refractivity contribution >= 4 is 33.4 Å². The van der Waals surface area contributed by atoms with Gasteiger partial charge in [0.2, 0.25) is 0 Å². The summed E-state index contributed by atoms with van der Waals surface area (Å²) in [6.45, 7) is 1.77. The van der Waals surface area contributed by atoms with Crippen molar-refractivity contribution in [2.24, 2.45) is 5.41 Å². The minimum Gasteiger partial charge on any atom is -0.339 e. The largest absolute Gasteiger partial charge is 0.339 e. The summed E-state index contributed by atoms with van der Waals surface area (Å²) >= 11 is 9.44. The number of likely N-dealkylation sites (tertiary alicyclic amines) is 1. The van der Waals surface area contributed by atoms with Crippen molar-refractivity contribution in [3.8, 4) is 0 Å². The van der Waals surface area contributed by atoms with Gasteiger partial charge in [-0.2, -0.15) is 0 Å². The number of carbonyl (C=O) groups excluding carboxylic acids is 1. The first-order valence-electron chi connectivity index (χ1n) is 6.35. The fourth-order valence-corrected chi connectivity index (χ4v) is 3.31. The number of benzene rings is 1. The Morgan fingerprint density at radius 2 is 1.89 bits per heavy atom. The molecule has 1 aromatic carbocycles. The first-order chi connectivity index (χ1) is 8.61. The second kappa shape index (κ2) is 4.53. The third-order valence-electron chi connectivity index (χ3n) is 4.25. The van der Waals surface area contributed by atoms with E-state index in [0.29, 0.717) is 20.5 Å². The lowest BCUT2D eigenvalue weighted by molar-refractivity contribution is 0.0677. The average molecular weight is 329 g/mol. The lowest BCUT2D eigenvalue weighted by Crippen LogP contribution is -2.39. The normalized spacial score (nSPS) is 21.1. The molecule has 0 unspecified atom stereocenters. The zero-order valence-electron chi connectivity index (χ0n) is 10.1. The Hall–Kier alpha value is -0.540. The second-order valence-corrected chi connectivity index (χ2v) is 6.59. The number of amides is 1. The number of hydrogen-bond donors (Lipinski definition) is 0. The van der Waals surface area contributed by atoms with Gasteiger partial charge in [0.15, 0.2) is 0 Å². The van der Waals surface area contributed by atoms with E-state index in [-0.39, 0.29) is 5.91 Å². The van der Waals surface area contributed by atoms with E-state index in [1.165, 1.54) is 12.8 Å². The van der Waals surface area contributed by atoms with Gasteiger partial charge in [-0.1, -0.05) is 17.7 Å². The molecule has 1 saturated carbocycles. The maximum Gasteiger partial charge on any atom is 0.255 e. The van der Waals surface area contributed by atoms with Crippen LogP contribution in [-0.4, -0.2) is 23.9 Å². The van der Waals surface area contributed by atoms with Gasteiger partial charge in [0.05, 0.1) is 10.6 Å². The maximum absolute atomic E-state index is 12.4. The van der Waals surface area contributed by atoms with Crippen LogP contribution in [0, 0.1) is 5.41 Å². The molecule has 1 saturated heterocycles. The molecule has 18 heavy (non-hydrogen) atoms. The molecule has 0 N–H and O–H groups in total. The van der Waals surface area contributed by atoms with Crippen molar-refractivity contribution in [1.82, 2.24) is 4.90 Å². The van der Waals surface area contributed by atoms with Crippen LogP contribution in [0.3, 0.4) is 0 Å². The summed E-state index contributed by atoms with van der Waals surface area (Å²) in [6, 6.07) is 5.45. The Labute approximate surface area is 120 Å². The molecular weight excluding hydrogens is 314 g/mol. The maximum atomic E-state index is 12.4. The van der Waals surface area contributed by atoms with E-state index in [0.717, 1.165) is 25.9 Å². The van der Waals surface area contributed by atoms with Crippen molar-refractivity contribution in [1.29, 1.82) is 0 Å². The van der Waals surface area contributed by atoms with Gasteiger partial charge in [-0.3, -0.25) is 4.79 Å². The van der Waals surface area contributed by atoms with Crippen LogP contribution in [-0.2, 0) is 0 Å². The standard InChI is InChI=1S/C14H15BrClNO/c15-12-10(2-1-3-11(12)16)13(18)17-8-6-14(4-5-14)7-9-17/h1-3H,4-9H2. The second-order valence-electron chi connectivity index (χ2n) is 5.39. The molecule has 0 radical (unpaired) electrons. The summed E-state index contributed by atoms with van der Waals surface area (Å²) in [7, 11) is 0. The highest BCUT2D eigenvalue weighted by Crippen LogP contribution is 2.53. The quantitative estimate of drug-likeness (QED) is 0.759. The van der Waals surface area contributed by atoms with Gasteiger partial charge in [0.25, 0.3) is 5.91 Å². The summed E-state index contributed by atoms with van der Waals surface area (Å²) in [5.41, 5.74) is 1.27. The predicted octanol–water partition coefficient (Wildman–Crippen LogP) is 4.12. The Morgan fingerprint density at radius 1 is 1.22 bits per heavy atom. The van der Waals surface area contributed by atoms with Crippen LogP contribution in [0.5, 0.6) is 0 Å². The molecule has 1 aliphatic carbocycles. The van der Waals surface area contributed by atoms with Gasteiger partial charge in [0, 0.05) is 17.6 Å². The van der Waals surface area contributed by atoms with Crippen LogP contribution >= 0.6 is 27.5 Å². The van der Waals surface area contributed by atoms with Crippen LogP contribution in [0.25, 0.3) is 0 Å². The molecule has 3 rings (SSSR count). The summed E-state index contributed by atoms with van der Waals surface area (Å²) in [4.78, 5) is 14.4. The lowest BCUT2D eigenvalue weighted by atomic mass is 9.93. The Kier molecular flexibility index (Phi) is 3.15. The van der Waals surface area contributed by atoms with Crippen molar-refractivity contribution in [2.75, 3.05) is 13.1 Å². The van der Waals surface area contributed by atoms with E-state index in [2.05, 4.69) is 15.9 Å². The highest BCUT2D eigenvalue weighted by Gasteiger charge is 2.45. The number of halogens is 2. The zero-order chi connectivity index (χ0) is 12.8. The zero-order valence-corrected chi connectivity index (χ0v) is 12.4. The van der Waals surface area contributed by atoms with Gasteiger partial charge in [-0.05, 0) is 59.2 Å². The fourth-order valence-electron chi connectivity index (χ4n) is 2.70. The average Bonchev–Trinajstić information content (AvgIpc) is 3.13. The molecule has 1 heterocycles. The van der Waals surface area contributed by atoms with Crippen molar-refractivity contribution in [3.05, 3.63) is 33.3 Å². The molecule has 4 heteroatoms. The molecule has 2 nitrogen and oxygen atoms in total. The Balaban J connectivity index is 1.76. The SMILES string of the molecule is O=C(c1cccc(Cl)c1Br)N1CCC2(CC1)CC2. The molecular formula is C14H15BrClNO. The Bertz CT molecular complexity index is 489. The molecule has 2 aliphatic rings. The van der Waals surface area contributed by atoms with E-state index in [4.69, 9.17) is 11.6 Å². The highest BCUT2D eigenvalue weighted by atomic mass is 79.9. The third-order valence-corrected chi connectivity index (χ3v) is 5.65.